The van der Waals surface area contributed by atoms with E-state index in [4.69, 9.17) is 9.47 Å². The largest absolute Gasteiger partial charge is 0.383 e. The maximum Gasteiger partial charge on any atom is 0.370 e. The van der Waals surface area contributed by atoms with Crippen LogP contribution in [0.25, 0.3) is 0 Å². The van der Waals surface area contributed by atoms with E-state index >= 15 is 8.78 Å². The summed E-state index contributed by atoms with van der Waals surface area (Å²) < 4.78 is 41.2. The molecule has 24 heavy (non-hydrogen) atoms. The van der Waals surface area contributed by atoms with Gasteiger partial charge in [0.25, 0.3) is 0 Å². The second kappa shape index (κ2) is 8.39. The molecule has 0 saturated carbocycles. The monoisotopic (exact) mass is 350 g/mol. The lowest BCUT2D eigenvalue weighted by Gasteiger charge is -2.49. The summed E-state index contributed by atoms with van der Waals surface area (Å²) in [7, 11) is 3.11. The van der Waals surface area contributed by atoms with Gasteiger partial charge in [0, 0.05) is 38.9 Å². The van der Waals surface area contributed by atoms with E-state index < -0.39 is 11.7 Å². The van der Waals surface area contributed by atoms with Crippen molar-refractivity contribution in [3.63, 3.8) is 0 Å². The number of ether oxygens (including phenoxy) is 2. The highest BCUT2D eigenvalue weighted by atomic mass is 19.3. The Morgan fingerprint density at radius 3 is 1.71 bits per heavy atom. The van der Waals surface area contributed by atoms with Crippen LogP contribution in [0, 0.1) is 17.8 Å². The molecule has 0 aromatic heterocycles. The first-order valence-corrected chi connectivity index (χ1v) is 9.00. The molecular weight excluding hydrogens is 314 g/mol. The first kappa shape index (κ1) is 21.7. The van der Waals surface area contributed by atoms with Crippen LogP contribution in [-0.4, -0.2) is 68.1 Å². The van der Waals surface area contributed by atoms with Crippen molar-refractivity contribution in [3.05, 3.63) is 0 Å². The highest BCUT2D eigenvalue weighted by molar-refractivity contribution is 5.14. The summed E-state index contributed by atoms with van der Waals surface area (Å²) in [6.07, 6.45) is -3.01. The number of alkyl halides is 2. The van der Waals surface area contributed by atoms with Gasteiger partial charge in [-0.1, -0.05) is 41.5 Å². The summed E-state index contributed by atoms with van der Waals surface area (Å²) in [6, 6.07) is -0.250. The minimum Gasteiger partial charge on any atom is -0.383 e. The lowest BCUT2D eigenvalue weighted by molar-refractivity contribution is -0.236. The fourth-order valence-corrected chi connectivity index (χ4v) is 4.81. The number of nitrogens with zero attached hydrogens (tertiary/aromatic N) is 2. The molecule has 1 unspecified atom stereocenters. The molecule has 1 saturated heterocycles. The third kappa shape index (κ3) is 3.48. The number of rotatable bonds is 9. The van der Waals surface area contributed by atoms with E-state index in [1.807, 2.05) is 13.8 Å². The molecule has 0 N–H and O–H groups in total. The van der Waals surface area contributed by atoms with Crippen molar-refractivity contribution < 1.29 is 18.3 Å². The van der Waals surface area contributed by atoms with Gasteiger partial charge in [-0.25, -0.2) is 9.80 Å². The molecule has 0 spiro atoms. The molecule has 0 radical (unpaired) electrons. The van der Waals surface area contributed by atoms with Crippen LogP contribution in [0.2, 0.25) is 0 Å². The van der Waals surface area contributed by atoms with Gasteiger partial charge in [-0.05, 0) is 17.8 Å². The van der Waals surface area contributed by atoms with Crippen LogP contribution in [0.5, 0.6) is 0 Å². The van der Waals surface area contributed by atoms with Gasteiger partial charge in [-0.15, -0.1) is 0 Å². The van der Waals surface area contributed by atoms with Gasteiger partial charge >= 0.3 is 6.17 Å². The molecule has 6 heteroatoms. The van der Waals surface area contributed by atoms with Crippen LogP contribution in [-0.2, 0) is 9.47 Å². The van der Waals surface area contributed by atoms with Gasteiger partial charge in [-0.3, -0.25) is 0 Å². The summed E-state index contributed by atoms with van der Waals surface area (Å²) in [5, 5.41) is 0. The molecule has 0 bridgehead atoms. The second-order valence-electron chi connectivity index (χ2n) is 7.73. The Bertz CT molecular complexity index is 381. The van der Waals surface area contributed by atoms with Gasteiger partial charge in [0.15, 0.2) is 0 Å². The highest BCUT2D eigenvalue weighted by Crippen LogP contribution is 2.53. The van der Waals surface area contributed by atoms with Crippen molar-refractivity contribution in [1.82, 2.24) is 9.80 Å². The van der Waals surface area contributed by atoms with E-state index in [0.717, 1.165) is 0 Å². The van der Waals surface area contributed by atoms with Crippen molar-refractivity contribution in [2.45, 2.75) is 59.3 Å². The standard InChI is InChI=1S/C18H36F2N2O2/c1-13(2)16-17(14(3)4,15(5)6)22(10-12-24-8)18(19,20)21(16)9-11-23-7/h13-16H,9-12H2,1-8H3. The Labute approximate surface area is 146 Å². The summed E-state index contributed by atoms with van der Waals surface area (Å²) in [5.41, 5.74) is -0.621. The van der Waals surface area contributed by atoms with E-state index in [9.17, 15) is 0 Å². The van der Waals surface area contributed by atoms with Gasteiger partial charge in [0.2, 0.25) is 0 Å². The third-order valence-electron chi connectivity index (χ3n) is 5.48. The Morgan fingerprint density at radius 1 is 0.875 bits per heavy atom. The Balaban J connectivity index is 3.50. The van der Waals surface area contributed by atoms with E-state index in [1.54, 1.807) is 14.2 Å². The van der Waals surface area contributed by atoms with Crippen molar-refractivity contribution in [2.75, 3.05) is 40.5 Å². The van der Waals surface area contributed by atoms with Crippen molar-refractivity contribution in [2.24, 2.45) is 17.8 Å². The molecule has 4 nitrogen and oxygen atoms in total. The molecule has 0 amide bonds. The highest BCUT2D eigenvalue weighted by Gasteiger charge is 2.68. The first-order valence-electron chi connectivity index (χ1n) is 9.00. The number of hydrogen-bond donors (Lipinski definition) is 0. The molecular formula is C18H36F2N2O2. The Hall–Kier alpha value is -0.300. The average Bonchev–Trinajstić information content (AvgIpc) is 2.67. The van der Waals surface area contributed by atoms with Crippen LogP contribution in [0.4, 0.5) is 8.78 Å². The predicted octanol–water partition coefficient (Wildman–Crippen LogP) is 3.52. The van der Waals surface area contributed by atoms with Crippen molar-refractivity contribution >= 4 is 0 Å². The van der Waals surface area contributed by atoms with Crippen LogP contribution < -0.4 is 0 Å². The van der Waals surface area contributed by atoms with Crippen molar-refractivity contribution in [1.29, 1.82) is 0 Å². The van der Waals surface area contributed by atoms with Crippen LogP contribution in [0.3, 0.4) is 0 Å². The zero-order valence-corrected chi connectivity index (χ0v) is 16.6. The molecule has 1 heterocycles. The zero-order valence-electron chi connectivity index (χ0n) is 16.6. The molecule has 1 aliphatic rings. The maximum absolute atomic E-state index is 15.5. The molecule has 1 aliphatic heterocycles. The lowest BCUT2D eigenvalue weighted by atomic mass is 9.68. The maximum atomic E-state index is 15.5. The van der Waals surface area contributed by atoms with E-state index in [0.29, 0.717) is 13.2 Å². The van der Waals surface area contributed by atoms with Crippen LogP contribution >= 0.6 is 0 Å². The minimum absolute atomic E-state index is 0.0835. The fraction of sp³-hybridized carbons (Fsp3) is 1.00. The van der Waals surface area contributed by atoms with Crippen molar-refractivity contribution in [3.8, 4) is 0 Å². The molecule has 0 aromatic rings. The molecule has 144 valence electrons. The molecule has 0 aliphatic carbocycles. The second-order valence-corrected chi connectivity index (χ2v) is 7.73. The van der Waals surface area contributed by atoms with Gasteiger partial charge in [0.1, 0.15) is 0 Å². The van der Waals surface area contributed by atoms with E-state index in [1.165, 1.54) is 9.80 Å². The molecule has 0 aromatic carbocycles. The zero-order chi connectivity index (χ0) is 18.7. The van der Waals surface area contributed by atoms with Gasteiger partial charge < -0.3 is 9.47 Å². The Morgan fingerprint density at radius 2 is 1.33 bits per heavy atom. The first-order chi connectivity index (χ1) is 11.1. The normalized spacial score (nSPS) is 24.6. The number of methoxy groups -OCH3 is 2. The number of halogens is 2. The summed E-state index contributed by atoms with van der Waals surface area (Å²) in [6.45, 7) is 13.3. The summed E-state index contributed by atoms with van der Waals surface area (Å²) in [4.78, 5) is 2.76. The molecule has 1 rings (SSSR count). The SMILES string of the molecule is COCCN1C(C(C)C)C(C(C)C)(C(C)C)N(CCOC)C1(F)F. The smallest absolute Gasteiger partial charge is 0.370 e. The summed E-state index contributed by atoms with van der Waals surface area (Å²) in [5.74, 6) is 0.269. The van der Waals surface area contributed by atoms with E-state index in [-0.39, 0.29) is 36.9 Å². The summed E-state index contributed by atoms with van der Waals surface area (Å²) >= 11 is 0. The number of hydrogen-bond acceptors (Lipinski definition) is 4. The quantitative estimate of drug-likeness (QED) is 0.594. The average molecular weight is 350 g/mol. The lowest BCUT2D eigenvalue weighted by Crippen LogP contribution is -2.62. The van der Waals surface area contributed by atoms with Crippen LogP contribution in [0.1, 0.15) is 41.5 Å². The van der Waals surface area contributed by atoms with Gasteiger partial charge in [-0.2, -0.15) is 8.78 Å². The molecule has 1 fully saturated rings. The van der Waals surface area contributed by atoms with Crippen LogP contribution in [0.15, 0.2) is 0 Å². The molecule has 1 atom stereocenters. The minimum atomic E-state index is -3.01. The topological polar surface area (TPSA) is 24.9 Å². The third-order valence-corrected chi connectivity index (χ3v) is 5.48. The van der Waals surface area contributed by atoms with Gasteiger partial charge in [0.05, 0.1) is 13.2 Å². The predicted molar refractivity (Wildman–Crippen MR) is 93.1 cm³/mol. The Kier molecular flexibility index (Phi) is 7.60. The fourth-order valence-electron chi connectivity index (χ4n) is 4.81. The van der Waals surface area contributed by atoms with E-state index in [2.05, 4.69) is 27.7 Å².